The zero-order chi connectivity index (χ0) is 21.1. The van der Waals surface area contributed by atoms with Crippen LogP contribution in [-0.4, -0.2) is 29.7 Å². The van der Waals surface area contributed by atoms with E-state index in [0.717, 1.165) is 35.5 Å². The molecule has 0 saturated carbocycles. The minimum absolute atomic E-state index is 0.255. The first-order valence-electron chi connectivity index (χ1n) is 10.3. The van der Waals surface area contributed by atoms with Crippen molar-refractivity contribution in [2.75, 3.05) is 18.6 Å². The summed E-state index contributed by atoms with van der Waals surface area (Å²) in [6.45, 7) is 2.78. The fraction of sp³-hybridized carbons (Fsp3) is 0.280. The average Bonchev–Trinajstić information content (AvgIpc) is 3.19. The number of aryl methyl sites for hydroxylation is 2. The van der Waals surface area contributed by atoms with Crippen molar-refractivity contribution in [2.24, 2.45) is 0 Å². The summed E-state index contributed by atoms with van der Waals surface area (Å²) in [5, 5.41) is 9.36. The van der Waals surface area contributed by atoms with Gasteiger partial charge < -0.3 is 14.7 Å². The third-order valence-electron chi connectivity index (χ3n) is 5.89. The van der Waals surface area contributed by atoms with Crippen molar-refractivity contribution >= 4 is 17.3 Å². The first-order valence-corrected chi connectivity index (χ1v) is 10.3. The van der Waals surface area contributed by atoms with Crippen molar-refractivity contribution in [3.63, 3.8) is 0 Å². The molecule has 5 heteroatoms. The van der Waals surface area contributed by atoms with E-state index in [9.17, 15) is 9.90 Å². The van der Waals surface area contributed by atoms with Gasteiger partial charge >= 0.3 is 5.97 Å². The standard InChI is InChI=1S/C25H26N2O3/c1-3-17-4-8-20(9-5-17)27(2)21-10-11-22-19(16-30-24(22)14-21)7-6-18-15-26-13-12-23(18)25(28)29/h4-5,8-15,19H,3,6-7,16H2,1-2H3,(H,28,29)/t19-/m1/s1. The largest absolute Gasteiger partial charge is 0.493 e. The van der Waals surface area contributed by atoms with Crippen molar-refractivity contribution in [3.05, 3.63) is 83.2 Å². The van der Waals surface area contributed by atoms with Crippen LogP contribution in [0.2, 0.25) is 0 Å². The first kappa shape index (κ1) is 20.0. The number of fused-ring (bicyclic) bond motifs is 1. The van der Waals surface area contributed by atoms with Gasteiger partial charge in [-0.2, -0.15) is 0 Å². The maximum absolute atomic E-state index is 11.4. The second-order valence-electron chi connectivity index (χ2n) is 7.69. The predicted octanol–water partition coefficient (Wildman–Crippen LogP) is 5.22. The van der Waals surface area contributed by atoms with Gasteiger partial charge in [0.25, 0.3) is 0 Å². The molecule has 1 atom stereocenters. The molecule has 0 amide bonds. The summed E-state index contributed by atoms with van der Waals surface area (Å²) in [4.78, 5) is 17.7. The van der Waals surface area contributed by atoms with E-state index in [4.69, 9.17) is 4.74 Å². The van der Waals surface area contributed by atoms with Gasteiger partial charge in [-0.15, -0.1) is 0 Å². The lowest BCUT2D eigenvalue weighted by atomic mass is 9.93. The summed E-state index contributed by atoms with van der Waals surface area (Å²) < 4.78 is 5.98. The van der Waals surface area contributed by atoms with E-state index in [0.29, 0.717) is 18.6 Å². The number of aromatic nitrogens is 1. The molecule has 4 rings (SSSR count). The molecular weight excluding hydrogens is 376 g/mol. The number of carbonyl (C=O) groups is 1. The van der Waals surface area contributed by atoms with Gasteiger partial charge in [0.15, 0.2) is 0 Å². The highest BCUT2D eigenvalue weighted by Gasteiger charge is 2.25. The first-order chi connectivity index (χ1) is 14.6. The zero-order valence-corrected chi connectivity index (χ0v) is 17.3. The molecule has 0 aliphatic carbocycles. The Bertz CT molecular complexity index is 1050. The van der Waals surface area contributed by atoms with Crippen LogP contribution in [0.25, 0.3) is 0 Å². The molecule has 1 aliphatic heterocycles. The highest BCUT2D eigenvalue weighted by Crippen LogP contribution is 2.40. The highest BCUT2D eigenvalue weighted by molar-refractivity contribution is 5.89. The van der Waals surface area contributed by atoms with Gasteiger partial charge in [-0.25, -0.2) is 4.79 Å². The lowest BCUT2D eigenvalue weighted by molar-refractivity contribution is 0.0695. The molecular formula is C25H26N2O3. The maximum atomic E-state index is 11.4. The van der Waals surface area contributed by atoms with Gasteiger partial charge in [0.05, 0.1) is 12.2 Å². The monoisotopic (exact) mass is 402 g/mol. The number of rotatable bonds is 7. The quantitative estimate of drug-likeness (QED) is 0.587. The van der Waals surface area contributed by atoms with Crippen LogP contribution in [-0.2, 0) is 12.8 Å². The Morgan fingerprint density at radius 2 is 1.93 bits per heavy atom. The molecule has 0 spiro atoms. The van der Waals surface area contributed by atoms with Crippen molar-refractivity contribution < 1.29 is 14.6 Å². The molecule has 3 aromatic rings. The van der Waals surface area contributed by atoms with E-state index in [1.807, 2.05) is 0 Å². The summed E-state index contributed by atoms with van der Waals surface area (Å²) >= 11 is 0. The number of aromatic carboxylic acids is 1. The van der Waals surface area contributed by atoms with Gasteiger partial charge in [0.2, 0.25) is 0 Å². The van der Waals surface area contributed by atoms with Crippen molar-refractivity contribution in [1.82, 2.24) is 4.98 Å². The van der Waals surface area contributed by atoms with Gasteiger partial charge in [-0.3, -0.25) is 4.98 Å². The number of hydrogen-bond acceptors (Lipinski definition) is 4. The van der Waals surface area contributed by atoms with Gasteiger partial charge in [0, 0.05) is 48.4 Å². The fourth-order valence-electron chi connectivity index (χ4n) is 3.98. The Labute approximate surface area is 177 Å². The van der Waals surface area contributed by atoms with Crippen LogP contribution >= 0.6 is 0 Å². The zero-order valence-electron chi connectivity index (χ0n) is 17.3. The van der Waals surface area contributed by atoms with Crippen LogP contribution in [0.5, 0.6) is 5.75 Å². The summed E-state index contributed by atoms with van der Waals surface area (Å²) in [5.74, 6) is 0.263. The molecule has 30 heavy (non-hydrogen) atoms. The SMILES string of the molecule is CCc1ccc(N(C)c2ccc3c(c2)OC[C@H]3CCc2cnccc2C(=O)O)cc1. The van der Waals surface area contributed by atoms with Gasteiger partial charge in [0.1, 0.15) is 5.75 Å². The van der Waals surface area contributed by atoms with E-state index in [1.54, 1.807) is 12.3 Å². The lowest BCUT2D eigenvalue weighted by Gasteiger charge is -2.20. The topological polar surface area (TPSA) is 62.7 Å². The van der Waals surface area contributed by atoms with Gasteiger partial charge in [-0.1, -0.05) is 25.1 Å². The second-order valence-corrected chi connectivity index (χ2v) is 7.69. The summed E-state index contributed by atoms with van der Waals surface area (Å²) in [6, 6.07) is 16.5. The smallest absolute Gasteiger partial charge is 0.336 e. The van der Waals surface area contributed by atoms with E-state index in [-0.39, 0.29) is 5.92 Å². The third kappa shape index (κ3) is 4.01. The van der Waals surface area contributed by atoms with E-state index in [1.165, 1.54) is 17.3 Å². The molecule has 1 N–H and O–H groups in total. The highest BCUT2D eigenvalue weighted by atomic mass is 16.5. The van der Waals surface area contributed by atoms with Crippen LogP contribution < -0.4 is 9.64 Å². The number of ether oxygens (including phenoxy) is 1. The Hall–Kier alpha value is -3.34. The molecule has 0 bridgehead atoms. The lowest BCUT2D eigenvalue weighted by Crippen LogP contribution is -2.09. The minimum atomic E-state index is -0.907. The average molecular weight is 402 g/mol. The van der Waals surface area contributed by atoms with Crippen LogP contribution in [0, 0.1) is 0 Å². The third-order valence-corrected chi connectivity index (χ3v) is 5.89. The molecule has 1 aliphatic rings. The summed E-state index contributed by atoms with van der Waals surface area (Å²) in [6.07, 6.45) is 5.70. The Kier molecular flexibility index (Phi) is 5.70. The minimum Gasteiger partial charge on any atom is -0.493 e. The molecule has 0 fully saturated rings. The van der Waals surface area contributed by atoms with Crippen LogP contribution in [0.1, 0.15) is 46.3 Å². The normalized spacial score (nSPS) is 14.8. The molecule has 0 saturated heterocycles. The number of anilines is 2. The second kappa shape index (κ2) is 8.57. The maximum Gasteiger partial charge on any atom is 0.336 e. The molecule has 2 aromatic carbocycles. The van der Waals surface area contributed by atoms with Crippen LogP contribution in [0.4, 0.5) is 11.4 Å². The fourth-order valence-corrected chi connectivity index (χ4v) is 3.98. The molecule has 154 valence electrons. The Morgan fingerprint density at radius 1 is 1.17 bits per heavy atom. The molecule has 1 aromatic heterocycles. The van der Waals surface area contributed by atoms with Crippen molar-refractivity contribution in [3.8, 4) is 5.75 Å². The van der Waals surface area contributed by atoms with E-state index < -0.39 is 5.97 Å². The number of benzene rings is 2. The number of carboxylic acid groups (broad SMARTS) is 1. The van der Waals surface area contributed by atoms with Crippen molar-refractivity contribution in [2.45, 2.75) is 32.1 Å². The summed E-state index contributed by atoms with van der Waals surface area (Å²) in [5.41, 5.74) is 5.83. The van der Waals surface area contributed by atoms with Crippen LogP contribution in [0.3, 0.4) is 0 Å². The molecule has 2 heterocycles. The number of hydrogen-bond donors (Lipinski definition) is 1. The summed E-state index contributed by atoms with van der Waals surface area (Å²) in [7, 11) is 2.06. The van der Waals surface area contributed by atoms with Gasteiger partial charge in [-0.05, 0) is 54.7 Å². The Balaban J connectivity index is 1.48. The van der Waals surface area contributed by atoms with Crippen LogP contribution in [0.15, 0.2) is 60.9 Å². The Morgan fingerprint density at radius 3 is 2.67 bits per heavy atom. The van der Waals surface area contributed by atoms with E-state index in [2.05, 4.69) is 66.3 Å². The number of pyridine rings is 1. The number of carboxylic acids is 1. The van der Waals surface area contributed by atoms with Crippen molar-refractivity contribution in [1.29, 1.82) is 0 Å². The molecule has 5 nitrogen and oxygen atoms in total. The molecule has 0 radical (unpaired) electrons. The van der Waals surface area contributed by atoms with E-state index >= 15 is 0 Å². The number of nitrogens with zero attached hydrogens (tertiary/aromatic N) is 2. The predicted molar refractivity (Wildman–Crippen MR) is 118 cm³/mol. The molecule has 0 unspecified atom stereocenters.